The minimum absolute atomic E-state index is 0.0535. The maximum absolute atomic E-state index is 12.5. The molecular weight excluding hydrogens is 248 g/mol. The molecule has 1 aliphatic heterocycles. The van der Waals surface area contributed by atoms with Gasteiger partial charge in [-0.3, -0.25) is 9.78 Å². The molecule has 100 valence electrons. The zero-order valence-corrected chi connectivity index (χ0v) is 11.4. The fraction of sp³-hybridized carbons (Fsp3) is 0.176. The van der Waals surface area contributed by atoms with Crippen molar-refractivity contribution in [3.8, 4) is 0 Å². The van der Waals surface area contributed by atoms with Crippen molar-refractivity contribution in [2.75, 3.05) is 13.1 Å². The molecule has 0 atom stereocenters. The fourth-order valence-corrected chi connectivity index (χ4v) is 2.43. The molecule has 1 aliphatic rings. The number of aryl methyl sites for hydroxylation is 1. The van der Waals surface area contributed by atoms with Crippen LogP contribution in [0.15, 0.2) is 54.9 Å². The van der Waals surface area contributed by atoms with Crippen LogP contribution in [0.2, 0.25) is 0 Å². The Kier molecular flexibility index (Phi) is 3.33. The average molecular weight is 264 g/mol. The fourth-order valence-electron chi connectivity index (χ4n) is 2.43. The summed E-state index contributed by atoms with van der Waals surface area (Å²) in [6, 6.07) is 12.1. The lowest BCUT2D eigenvalue weighted by Crippen LogP contribution is -2.29. The summed E-state index contributed by atoms with van der Waals surface area (Å²) in [5.74, 6) is 0.0535. The standard InChI is InChI=1S/C17H16N2O/c1-13-7-9-18-11-16(13)17(20)19-10-8-15(12-19)14-5-3-2-4-6-14/h2-9,11H,10,12H2,1H3. The molecule has 0 spiro atoms. The third kappa shape index (κ3) is 2.35. The molecule has 0 fully saturated rings. The van der Waals surface area contributed by atoms with Crippen LogP contribution in [-0.4, -0.2) is 28.9 Å². The van der Waals surface area contributed by atoms with Crippen molar-refractivity contribution >= 4 is 11.5 Å². The van der Waals surface area contributed by atoms with Gasteiger partial charge in [-0.05, 0) is 29.7 Å². The summed E-state index contributed by atoms with van der Waals surface area (Å²) in [6.45, 7) is 3.27. The van der Waals surface area contributed by atoms with Crippen LogP contribution in [0.25, 0.3) is 5.57 Å². The number of nitrogens with zero attached hydrogens (tertiary/aromatic N) is 2. The number of rotatable bonds is 2. The Labute approximate surface area is 118 Å². The van der Waals surface area contributed by atoms with Crippen LogP contribution in [0.4, 0.5) is 0 Å². The van der Waals surface area contributed by atoms with E-state index in [0.29, 0.717) is 18.7 Å². The first-order valence-electron chi connectivity index (χ1n) is 6.70. The van der Waals surface area contributed by atoms with Crippen LogP contribution in [0, 0.1) is 6.92 Å². The Morgan fingerprint density at radius 1 is 1.20 bits per heavy atom. The molecule has 3 rings (SSSR count). The lowest BCUT2D eigenvalue weighted by Gasteiger charge is -2.17. The van der Waals surface area contributed by atoms with Crippen molar-refractivity contribution < 1.29 is 4.79 Å². The number of hydrogen-bond donors (Lipinski definition) is 0. The highest BCUT2D eigenvalue weighted by atomic mass is 16.2. The zero-order valence-electron chi connectivity index (χ0n) is 11.4. The lowest BCUT2D eigenvalue weighted by molar-refractivity contribution is 0.0800. The molecule has 0 radical (unpaired) electrons. The van der Waals surface area contributed by atoms with Crippen molar-refractivity contribution in [2.24, 2.45) is 0 Å². The van der Waals surface area contributed by atoms with E-state index in [9.17, 15) is 4.79 Å². The highest BCUT2D eigenvalue weighted by Crippen LogP contribution is 2.22. The van der Waals surface area contributed by atoms with Gasteiger partial charge in [0.15, 0.2) is 0 Å². The number of carbonyl (C=O) groups excluding carboxylic acids is 1. The molecule has 0 N–H and O–H groups in total. The molecule has 3 heteroatoms. The lowest BCUT2D eigenvalue weighted by atomic mass is 10.1. The quantitative estimate of drug-likeness (QED) is 0.835. The van der Waals surface area contributed by atoms with Crippen molar-refractivity contribution in [1.82, 2.24) is 9.88 Å². The highest BCUT2D eigenvalue weighted by molar-refractivity contribution is 5.97. The summed E-state index contributed by atoms with van der Waals surface area (Å²) >= 11 is 0. The maximum atomic E-state index is 12.5. The Morgan fingerprint density at radius 3 is 2.75 bits per heavy atom. The largest absolute Gasteiger partial charge is 0.331 e. The van der Waals surface area contributed by atoms with E-state index in [1.165, 1.54) is 11.1 Å². The molecule has 1 aromatic heterocycles. The second-order valence-electron chi connectivity index (χ2n) is 4.97. The smallest absolute Gasteiger partial charge is 0.256 e. The van der Waals surface area contributed by atoms with Gasteiger partial charge in [0, 0.05) is 25.5 Å². The monoisotopic (exact) mass is 264 g/mol. The first-order valence-corrected chi connectivity index (χ1v) is 6.70. The number of aromatic nitrogens is 1. The molecule has 0 bridgehead atoms. The van der Waals surface area contributed by atoms with Gasteiger partial charge in [-0.2, -0.15) is 0 Å². The van der Waals surface area contributed by atoms with Crippen LogP contribution in [-0.2, 0) is 0 Å². The molecule has 1 amide bonds. The minimum atomic E-state index is 0.0535. The predicted octanol–water partition coefficient (Wildman–Crippen LogP) is 2.93. The van der Waals surface area contributed by atoms with E-state index >= 15 is 0 Å². The Morgan fingerprint density at radius 2 is 2.00 bits per heavy atom. The summed E-state index contributed by atoms with van der Waals surface area (Å²) in [6.07, 6.45) is 5.49. The third-order valence-corrected chi connectivity index (χ3v) is 3.62. The highest BCUT2D eigenvalue weighted by Gasteiger charge is 2.22. The molecule has 0 saturated heterocycles. The number of benzene rings is 1. The SMILES string of the molecule is Cc1ccncc1C(=O)N1CC=C(c2ccccc2)C1. The van der Waals surface area contributed by atoms with Gasteiger partial charge >= 0.3 is 0 Å². The molecule has 20 heavy (non-hydrogen) atoms. The number of pyridine rings is 1. The Bertz CT molecular complexity index is 662. The van der Waals surface area contributed by atoms with E-state index in [2.05, 4.69) is 23.2 Å². The van der Waals surface area contributed by atoms with E-state index in [4.69, 9.17) is 0 Å². The number of hydrogen-bond acceptors (Lipinski definition) is 2. The summed E-state index contributed by atoms with van der Waals surface area (Å²) < 4.78 is 0. The van der Waals surface area contributed by atoms with Gasteiger partial charge in [0.25, 0.3) is 5.91 Å². The Balaban J connectivity index is 1.77. The number of amides is 1. The molecule has 0 saturated carbocycles. The van der Waals surface area contributed by atoms with Gasteiger partial charge in [-0.1, -0.05) is 36.4 Å². The average Bonchev–Trinajstić information content (AvgIpc) is 2.98. The van der Waals surface area contributed by atoms with E-state index in [1.807, 2.05) is 36.1 Å². The summed E-state index contributed by atoms with van der Waals surface area (Å²) in [5.41, 5.74) is 4.06. The van der Waals surface area contributed by atoms with E-state index in [-0.39, 0.29) is 5.91 Å². The van der Waals surface area contributed by atoms with Crippen LogP contribution in [0.5, 0.6) is 0 Å². The summed E-state index contributed by atoms with van der Waals surface area (Å²) in [5, 5.41) is 0. The molecular formula is C17H16N2O. The maximum Gasteiger partial charge on any atom is 0.256 e. The molecule has 1 aromatic carbocycles. The third-order valence-electron chi connectivity index (χ3n) is 3.62. The zero-order chi connectivity index (χ0) is 13.9. The van der Waals surface area contributed by atoms with Gasteiger partial charge in [-0.25, -0.2) is 0 Å². The predicted molar refractivity (Wildman–Crippen MR) is 79.3 cm³/mol. The van der Waals surface area contributed by atoms with Gasteiger partial charge in [0.1, 0.15) is 0 Å². The first kappa shape index (κ1) is 12.6. The van der Waals surface area contributed by atoms with Gasteiger partial charge < -0.3 is 4.90 Å². The molecule has 0 unspecified atom stereocenters. The molecule has 2 aromatic rings. The summed E-state index contributed by atoms with van der Waals surface area (Å²) in [7, 11) is 0. The van der Waals surface area contributed by atoms with Gasteiger partial charge in [0.05, 0.1) is 5.56 Å². The van der Waals surface area contributed by atoms with E-state index in [1.54, 1.807) is 12.4 Å². The van der Waals surface area contributed by atoms with E-state index in [0.717, 1.165) is 5.56 Å². The second kappa shape index (κ2) is 5.29. The van der Waals surface area contributed by atoms with Crippen LogP contribution in [0.1, 0.15) is 21.5 Å². The van der Waals surface area contributed by atoms with E-state index < -0.39 is 0 Å². The van der Waals surface area contributed by atoms with Crippen LogP contribution >= 0.6 is 0 Å². The first-order chi connectivity index (χ1) is 9.75. The van der Waals surface area contributed by atoms with Crippen molar-refractivity contribution in [2.45, 2.75) is 6.92 Å². The minimum Gasteiger partial charge on any atom is -0.331 e. The normalized spacial score (nSPS) is 14.2. The molecule has 2 heterocycles. The summed E-state index contributed by atoms with van der Waals surface area (Å²) in [4.78, 5) is 18.4. The van der Waals surface area contributed by atoms with Gasteiger partial charge in [-0.15, -0.1) is 0 Å². The van der Waals surface area contributed by atoms with Crippen molar-refractivity contribution in [3.05, 3.63) is 71.6 Å². The second-order valence-corrected chi connectivity index (χ2v) is 4.97. The van der Waals surface area contributed by atoms with Crippen molar-refractivity contribution in [3.63, 3.8) is 0 Å². The van der Waals surface area contributed by atoms with Crippen LogP contribution < -0.4 is 0 Å². The van der Waals surface area contributed by atoms with Gasteiger partial charge in [0.2, 0.25) is 0 Å². The Hall–Kier alpha value is -2.42. The number of carbonyl (C=O) groups is 1. The molecule has 0 aliphatic carbocycles. The van der Waals surface area contributed by atoms with Crippen molar-refractivity contribution in [1.29, 1.82) is 0 Å². The molecule has 3 nitrogen and oxygen atoms in total. The van der Waals surface area contributed by atoms with Crippen LogP contribution in [0.3, 0.4) is 0 Å². The topological polar surface area (TPSA) is 33.2 Å².